The van der Waals surface area contributed by atoms with Gasteiger partial charge in [0.15, 0.2) is 0 Å². The molecule has 0 aliphatic rings. The van der Waals surface area contributed by atoms with Crippen molar-refractivity contribution in [3.05, 3.63) is 57.5 Å². The van der Waals surface area contributed by atoms with Crippen LogP contribution in [-0.4, -0.2) is 37.6 Å². The van der Waals surface area contributed by atoms with Crippen LogP contribution in [0, 0.1) is 13.8 Å². The molecule has 0 saturated carbocycles. The Hall–Kier alpha value is -2.52. The van der Waals surface area contributed by atoms with Crippen molar-refractivity contribution in [2.45, 2.75) is 18.7 Å². The standard InChI is InChI=1S/C15H18N4O4S/c1-10-3-5-13(11(2)9-10)24(22,23)17-8-7-16-15(21)12-4-6-14(20)19-18-12/h3-6,9,17H,7-8H2,1-2H3,(H,16,21)(H,19,20). The molecule has 0 aliphatic carbocycles. The van der Waals surface area contributed by atoms with Gasteiger partial charge in [0, 0.05) is 19.2 Å². The summed E-state index contributed by atoms with van der Waals surface area (Å²) in [7, 11) is -3.64. The lowest BCUT2D eigenvalue weighted by molar-refractivity contribution is 0.0948. The first-order valence-electron chi connectivity index (χ1n) is 7.20. The minimum atomic E-state index is -3.64. The van der Waals surface area contributed by atoms with Gasteiger partial charge < -0.3 is 5.32 Å². The van der Waals surface area contributed by atoms with Crippen molar-refractivity contribution >= 4 is 15.9 Å². The molecule has 0 radical (unpaired) electrons. The quantitative estimate of drug-likeness (QED) is 0.638. The van der Waals surface area contributed by atoms with E-state index < -0.39 is 21.5 Å². The number of rotatable bonds is 6. The van der Waals surface area contributed by atoms with Crippen LogP contribution in [0.2, 0.25) is 0 Å². The molecular formula is C15H18N4O4S. The summed E-state index contributed by atoms with van der Waals surface area (Å²) in [6.45, 7) is 3.73. The second-order valence-electron chi connectivity index (χ2n) is 5.23. The molecule has 0 fully saturated rings. The van der Waals surface area contributed by atoms with Crippen molar-refractivity contribution in [1.82, 2.24) is 20.2 Å². The summed E-state index contributed by atoms with van der Waals surface area (Å²) in [5, 5.41) is 8.25. The lowest BCUT2D eigenvalue weighted by atomic mass is 10.2. The normalized spacial score (nSPS) is 11.2. The predicted molar refractivity (Wildman–Crippen MR) is 88.3 cm³/mol. The molecule has 3 N–H and O–H groups in total. The average molecular weight is 350 g/mol. The SMILES string of the molecule is Cc1ccc(S(=O)(=O)NCCNC(=O)c2ccc(=O)[nH]n2)c(C)c1. The molecule has 0 saturated heterocycles. The summed E-state index contributed by atoms with van der Waals surface area (Å²) in [5.41, 5.74) is 1.27. The molecule has 0 atom stereocenters. The average Bonchev–Trinajstić information content (AvgIpc) is 2.51. The van der Waals surface area contributed by atoms with E-state index >= 15 is 0 Å². The van der Waals surface area contributed by atoms with Gasteiger partial charge >= 0.3 is 0 Å². The molecule has 0 aliphatic heterocycles. The number of hydrogen-bond acceptors (Lipinski definition) is 5. The topological polar surface area (TPSA) is 121 Å². The van der Waals surface area contributed by atoms with Gasteiger partial charge in [0.05, 0.1) is 4.90 Å². The number of H-pyrrole nitrogens is 1. The largest absolute Gasteiger partial charge is 0.349 e. The second-order valence-corrected chi connectivity index (χ2v) is 6.96. The molecule has 1 aromatic heterocycles. The summed E-state index contributed by atoms with van der Waals surface area (Å²) in [6.07, 6.45) is 0. The first-order valence-corrected chi connectivity index (χ1v) is 8.69. The van der Waals surface area contributed by atoms with Gasteiger partial charge in [-0.05, 0) is 31.5 Å². The van der Waals surface area contributed by atoms with E-state index in [-0.39, 0.29) is 23.7 Å². The van der Waals surface area contributed by atoms with Gasteiger partial charge in [-0.1, -0.05) is 17.7 Å². The fourth-order valence-electron chi connectivity index (χ4n) is 2.10. The predicted octanol–water partition coefficient (Wildman–Crippen LogP) is 0.0950. The third kappa shape index (κ3) is 4.49. The van der Waals surface area contributed by atoms with Crippen molar-refractivity contribution < 1.29 is 13.2 Å². The Labute approximate surface area is 139 Å². The number of nitrogens with zero attached hydrogens (tertiary/aromatic N) is 1. The van der Waals surface area contributed by atoms with Gasteiger partial charge in [-0.15, -0.1) is 0 Å². The van der Waals surface area contributed by atoms with Gasteiger partial charge in [0.2, 0.25) is 10.0 Å². The van der Waals surface area contributed by atoms with E-state index in [9.17, 15) is 18.0 Å². The Bertz CT molecular complexity index is 885. The lowest BCUT2D eigenvalue weighted by Gasteiger charge is -2.10. The number of carbonyl (C=O) groups excluding carboxylic acids is 1. The van der Waals surface area contributed by atoms with Crippen molar-refractivity contribution in [3.8, 4) is 0 Å². The van der Waals surface area contributed by atoms with Gasteiger partial charge in [0.25, 0.3) is 11.5 Å². The zero-order valence-electron chi connectivity index (χ0n) is 13.3. The molecule has 1 heterocycles. The molecule has 0 unspecified atom stereocenters. The van der Waals surface area contributed by atoms with Crippen molar-refractivity contribution in [2.24, 2.45) is 0 Å². The van der Waals surface area contributed by atoms with E-state index in [1.165, 1.54) is 12.1 Å². The molecule has 1 aromatic carbocycles. The lowest BCUT2D eigenvalue weighted by Crippen LogP contribution is -2.35. The summed E-state index contributed by atoms with van der Waals surface area (Å²) in [4.78, 5) is 22.9. The fourth-order valence-corrected chi connectivity index (χ4v) is 3.36. The van der Waals surface area contributed by atoms with Crippen LogP contribution in [0.25, 0.3) is 0 Å². The minimum absolute atomic E-state index is 0.0325. The number of aromatic amines is 1. The molecule has 8 nitrogen and oxygen atoms in total. The number of amides is 1. The van der Waals surface area contributed by atoms with E-state index in [4.69, 9.17) is 0 Å². The highest BCUT2D eigenvalue weighted by Gasteiger charge is 2.16. The third-order valence-corrected chi connectivity index (χ3v) is 4.86. The molecule has 2 aromatic rings. The maximum Gasteiger partial charge on any atom is 0.271 e. The van der Waals surface area contributed by atoms with Gasteiger partial charge in [-0.25, -0.2) is 18.2 Å². The van der Waals surface area contributed by atoms with Gasteiger partial charge in [-0.3, -0.25) is 9.59 Å². The number of carbonyl (C=O) groups is 1. The monoisotopic (exact) mass is 350 g/mol. The fraction of sp³-hybridized carbons (Fsp3) is 0.267. The van der Waals surface area contributed by atoms with Crippen molar-refractivity contribution in [2.75, 3.05) is 13.1 Å². The Morgan fingerprint density at radius 2 is 1.92 bits per heavy atom. The maximum atomic E-state index is 12.2. The summed E-state index contributed by atoms with van der Waals surface area (Å²) >= 11 is 0. The summed E-state index contributed by atoms with van der Waals surface area (Å²) in [6, 6.07) is 7.54. The number of aryl methyl sites for hydroxylation is 2. The highest BCUT2D eigenvalue weighted by Crippen LogP contribution is 2.15. The first-order chi connectivity index (χ1) is 11.3. The molecular weight excluding hydrogens is 332 g/mol. The first kappa shape index (κ1) is 17.8. The molecule has 1 amide bonds. The smallest absolute Gasteiger partial charge is 0.271 e. The van der Waals surface area contributed by atoms with Crippen LogP contribution in [0.15, 0.2) is 40.0 Å². The number of nitrogens with one attached hydrogen (secondary N) is 3. The molecule has 0 bridgehead atoms. The Kier molecular flexibility index (Phi) is 5.47. The van der Waals surface area contributed by atoms with Crippen molar-refractivity contribution in [1.29, 1.82) is 0 Å². The number of aromatic nitrogens is 2. The summed E-state index contributed by atoms with van der Waals surface area (Å²) < 4.78 is 26.9. The van der Waals surface area contributed by atoms with E-state index in [0.29, 0.717) is 5.56 Å². The zero-order valence-corrected chi connectivity index (χ0v) is 14.1. The number of hydrogen-bond donors (Lipinski definition) is 3. The van der Waals surface area contributed by atoms with Crippen LogP contribution in [0.4, 0.5) is 0 Å². The van der Waals surface area contributed by atoms with Crippen LogP contribution in [0.1, 0.15) is 21.6 Å². The Morgan fingerprint density at radius 3 is 2.54 bits per heavy atom. The summed E-state index contributed by atoms with van der Waals surface area (Å²) in [5.74, 6) is -0.503. The van der Waals surface area contributed by atoms with Crippen LogP contribution in [-0.2, 0) is 10.0 Å². The second kappa shape index (κ2) is 7.37. The molecule has 24 heavy (non-hydrogen) atoms. The highest BCUT2D eigenvalue weighted by atomic mass is 32.2. The highest BCUT2D eigenvalue weighted by molar-refractivity contribution is 7.89. The molecule has 128 valence electrons. The molecule has 9 heteroatoms. The van der Waals surface area contributed by atoms with Crippen LogP contribution < -0.4 is 15.6 Å². The third-order valence-electron chi connectivity index (χ3n) is 3.23. The van der Waals surface area contributed by atoms with Gasteiger partial charge in [0.1, 0.15) is 5.69 Å². The van der Waals surface area contributed by atoms with Crippen LogP contribution >= 0.6 is 0 Å². The number of benzene rings is 1. The van der Waals surface area contributed by atoms with Crippen molar-refractivity contribution in [3.63, 3.8) is 0 Å². The van der Waals surface area contributed by atoms with Gasteiger partial charge in [-0.2, -0.15) is 5.10 Å². The molecule has 2 rings (SSSR count). The van der Waals surface area contributed by atoms with E-state index in [0.717, 1.165) is 5.56 Å². The molecule has 0 spiro atoms. The van der Waals surface area contributed by atoms with Crippen LogP contribution in [0.3, 0.4) is 0 Å². The van der Waals surface area contributed by atoms with E-state index in [2.05, 4.69) is 20.2 Å². The van der Waals surface area contributed by atoms with Crippen LogP contribution in [0.5, 0.6) is 0 Å². The Balaban J connectivity index is 1.90. The van der Waals surface area contributed by atoms with E-state index in [1.807, 2.05) is 6.92 Å². The minimum Gasteiger partial charge on any atom is -0.349 e. The zero-order chi connectivity index (χ0) is 17.7. The maximum absolute atomic E-state index is 12.2. The van der Waals surface area contributed by atoms with E-state index in [1.54, 1.807) is 25.1 Å². The Morgan fingerprint density at radius 1 is 1.17 bits per heavy atom. The number of sulfonamides is 1.